The fraction of sp³-hybridized carbons (Fsp3) is 0.381. The van der Waals surface area contributed by atoms with Crippen LogP contribution >= 0.6 is 0 Å². The van der Waals surface area contributed by atoms with E-state index in [2.05, 4.69) is 5.32 Å². The minimum atomic E-state index is -1.39. The van der Waals surface area contributed by atoms with Crippen LogP contribution in [0.5, 0.6) is 5.75 Å². The molecule has 170 valence electrons. The Kier molecular flexibility index (Phi) is 5.43. The summed E-state index contributed by atoms with van der Waals surface area (Å²) in [5.41, 5.74) is -2.84. The lowest BCUT2D eigenvalue weighted by Gasteiger charge is -2.37. The molecule has 1 saturated heterocycles. The molecule has 32 heavy (non-hydrogen) atoms. The number of hydrogen-bond acceptors (Lipinski definition) is 4. The molecule has 3 unspecified atom stereocenters. The zero-order valence-electron chi connectivity index (χ0n) is 16.9. The average Bonchev–Trinajstić information content (AvgIpc) is 2.85. The summed E-state index contributed by atoms with van der Waals surface area (Å²) in [4.78, 5) is 39.4. The number of rotatable bonds is 3. The van der Waals surface area contributed by atoms with Crippen LogP contribution < -0.4 is 10.7 Å². The van der Waals surface area contributed by atoms with Gasteiger partial charge in [-0.1, -0.05) is 0 Å². The van der Waals surface area contributed by atoms with Crippen molar-refractivity contribution in [3.8, 4) is 5.75 Å². The van der Waals surface area contributed by atoms with Crippen molar-refractivity contribution < 1.29 is 32.3 Å². The van der Waals surface area contributed by atoms with Crippen LogP contribution in [0.4, 0.5) is 17.6 Å². The largest absolute Gasteiger partial charge is 0.503 e. The second kappa shape index (κ2) is 7.95. The number of amides is 2. The zero-order valence-corrected chi connectivity index (χ0v) is 16.9. The number of alkyl halides is 1. The van der Waals surface area contributed by atoms with Gasteiger partial charge in [0, 0.05) is 43.0 Å². The van der Waals surface area contributed by atoms with Crippen molar-refractivity contribution in [3.05, 3.63) is 62.8 Å². The SMILES string of the molecule is CC1CCC(F)C2CN1C(=O)c1c(O)c(=O)c(C(=O)NCc3c(F)cc(F)cc3F)cn12. The Balaban J connectivity index is 1.70. The first-order chi connectivity index (χ1) is 15.1. The highest BCUT2D eigenvalue weighted by molar-refractivity contribution is 5.99. The third-order valence-electron chi connectivity index (χ3n) is 6.00. The summed E-state index contributed by atoms with van der Waals surface area (Å²) >= 11 is 0. The van der Waals surface area contributed by atoms with Crippen LogP contribution in [0.1, 0.15) is 52.2 Å². The molecule has 2 aliphatic heterocycles. The van der Waals surface area contributed by atoms with E-state index in [9.17, 15) is 37.1 Å². The second-order valence-electron chi connectivity index (χ2n) is 7.97. The number of carbonyl (C=O) groups is 2. The molecule has 3 heterocycles. The van der Waals surface area contributed by atoms with E-state index in [4.69, 9.17) is 0 Å². The minimum Gasteiger partial charge on any atom is -0.503 e. The summed E-state index contributed by atoms with van der Waals surface area (Å²) in [6.45, 7) is 1.04. The Bertz CT molecular complexity index is 1160. The molecule has 0 saturated carbocycles. The van der Waals surface area contributed by atoms with Gasteiger partial charge in [-0.3, -0.25) is 14.4 Å². The van der Waals surface area contributed by atoms with Gasteiger partial charge in [-0.25, -0.2) is 17.6 Å². The van der Waals surface area contributed by atoms with Crippen LogP contribution in [0.2, 0.25) is 0 Å². The summed E-state index contributed by atoms with van der Waals surface area (Å²) in [5, 5.41) is 12.6. The van der Waals surface area contributed by atoms with E-state index < -0.39 is 76.0 Å². The number of hydrogen-bond donors (Lipinski definition) is 2. The maximum Gasteiger partial charge on any atom is 0.274 e. The standard InChI is InChI=1S/C21H19F4N3O4/c1-9-2-3-13(23)16-8-27(9)21(32)17-19(30)18(29)12(7-28(16)17)20(31)26-6-11-14(24)4-10(22)5-15(11)25/h4-5,7,9,13,16,30H,2-3,6,8H2,1H3,(H,26,31). The van der Waals surface area contributed by atoms with Gasteiger partial charge in [0.05, 0.1) is 6.04 Å². The van der Waals surface area contributed by atoms with Crippen LogP contribution in [0, 0.1) is 17.5 Å². The number of halogens is 4. The van der Waals surface area contributed by atoms with E-state index in [1.165, 1.54) is 4.90 Å². The van der Waals surface area contributed by atoms with Crippen molar-refractivity contribution in [2.45, 2.75) is 44.6 Å². The van der Waals surface area contributed by atoms with Crippen molar-refractivity contribution >= 4 is 11.8 Å². The highest BCUT2D eigenvalue weighted by Crippen LogP contribution is 2.35. The molecule has 0 aliphatic carbocycles. The fourth-order valence-corrected chi connectivity index (χ4v) is 4.19. The first kappa shape index (κ1) is 21.8. The molecule has 2 bridgehead atoms. The van der Waals surface area contributed by atoms with Crippen molar-refractivity contribution in [2.75, 3.05) is 6.54 Å². The molecule has 2 amide bonds. The van der Waals surface area contributed by atoms with E-state index in [0.717, 1.165) is 10.8 Å². The summed E-state index contributed by atoms with van der Waals surface area (Å²) in [5.74, 6) is -6.35. The van der Waals surface area contributed by atoms with E-state index in [1.54, 1.807) is 6.92 Å². The van der Waals surface area contributed by atoms with Crippen molar-refractivity contribution in [2.24, 2.45) is 0 Å². The first-order valence-corrected chi connectivity index (χ1v) is 9.95. The van der Waals surface area contributed by atoms with Gasteiger partial charge in [-0.15, -0.1) is 0 Å². The first-order valence-electron chi connectivity index (χ1n) is 9.95. The van der Waals surface area contributed by atoms with E-state index in [-0.39, 0.29) is 19.0 Å². The van der Waals surface area contributed by atoms with Crippen LogP contribution in [0.3, 0.4) is 0 Å². The predicted molar refractivity (Wildman–Crippen MR) is 104 cm³/mol. The lowest BCUT2D eigenvalue weighted by molar-refractivity contribution is 0.0576. The molecule has 3 atom stereocenters. The molecular weight excluding hydrogens is 434 g/mol. The van der Waals surface area contributed by atoms with Gasteiger partial charge in [-0.2, -0.15) is 0 Å². The van der Waals surface area contributed by atoms with Crippen molar-refractivity contribution in [1.29, 1.82) is 0 Å². The number of pyridine rings is 1. The number of fused-ring (bicyclic) bond motifs is 4. The Hall–Kier alpha value is -3.37. The third kappa shape index (κ3) is 3.51. The fourth-order valence-electron chi connectivity index (χ4n) is 4.19. The molecule has 7 nitrogen and oxygen atoms in total. The number of aromatic nitrogens is 1. The van der Waals surface area contributed by atoms with Crippen LogP contribution in [-0.4, -0.2) is 45.1 Å². The maximum absolute atomic E-state index is 14.8. The third-order valence-corrected chi connectivity index (χ3v) is 6.00. The Morgan fingerprint density at radius 2 is 1.84 bits per heavy atom. The number of carbonyl (C=O) groups excluding carboxylic acids is 2. The quantitative estimate of drug-likeness (QED) is 0.699. The topological polar surface area (TPSA) is 91.6 Å². The lowest BCUT2D eigenvalue weighted by Crippen LogP contribution is -2.48. The highest BCUT2D eigenvalue weighted by atomic mass is 19.1. The molecule has 1 aromatic carbocycles. The Morgan fingerprint density at radius 1 is 1.19 bits per heavy atom. The van der Waals surface area contributed by atoms with E-state index in [0.29, 0.717) is 18.6 Å². The molecule has 1 aromatic heterocycles. The van der Waals surface area contributed by atoms with Gasteiger partial charge in [0.2, 0.25) is 5.43 Å². The molecule has 2 aromatic rings. The molecule has 2 N–H and O–H groups in total. The summed E-state index contributed by atoms with van der Waals surface area (Å²) < 4.78 is 56.6. The second-order valence-corrected chi connectivity index (χ2v) is 7.97. The Labute approximate surface area is 179 Å². The minimum absolute atomic E-state index is 0.00351. The van der Waals surface area contributed by atoms with Crippen LogP contribution in [-0.2, 0) is 6.54 Å². The monoisotopic (exact) mass is 453 g/mol. The van der Waals surface area contributed by atoms with E-state index in [1.807, 2.05) is 0 Å². The summed E-state index contributed by atoms with van der Waals surface area (Å²) in [6, 6.07) is -0.332. The van der Waals surface area contributed by atoms with Gasteiger partial charge in [0.15, 0.2) is 11.4 Å². The average molecular weight is 453 g/mol. The molecule has 1 fully saturated rings. The maximum atomic E-state index is 14.8. The van der Waals surface area contributed by atoms with Crippen LogP contribution in [0.25, 0.3) is 0 Å². The van der Waals surface area contributed by atoms with Crippen molar-refractivity contribution in [1.82, 2.24) is 14.8 Å². The van der Waals surface area contributed by atoms with Crippen LogP contribution in [0.15, 0.2) is 23.1 Å². The van der Waals surface area contributed by atoms with Gasteiger partial charge in [0.1, 0.15) is 29.2 Å². The normalized spacial score (nSPS) is 22.3. The Morgan fingerprint density at radius 3 is 2.50 bits per heavy atom. The molecule has 0 radical (unpaired) electrons. The van der Waals surface area contributed by atoms with Gasteiger partial charge >= 0.3 is 0 Å². The predicted octanol–water partition coefficient (Wildman–Crippen LogP) is 2.42. The number of benzene rings is 1. The number of aromatic hydroxyl groups is 1. The lowest BCUT2D eigenvalue weighted by atomic mass is 10.0. The van der Waals surface area contributed by atoms with Gasteiger partial charge in [0.25, 0.3) is 11.8 Å². The number of nitrogens with zero attached hydrogens (tertiary/aromatic N) is 2. The molecule has 11 heteroatoms. The smallest absolute Gasteiger partial charge is 0.274 e. The molecule has 0 spiro atoms. The molecule has 4 rings (SSSR count). The summed E-state index contributed by atoms with van der Waals surface area (Å²) in [6.07, 6.45) is 0.124. The molecule has 2 aliphatic rings. The van der Waals surface area contributed by atoms with Gasteiger partial charge < -0.3 is 19.9 Å². The van der Waals surface area contributed by atoms with Gasteiger partial charge in [-0.05, 0) is 19.8 Å². The highest BCUT2D eigenvalue weighted by Gasteiger charge is 2.42. The molecular formula is C21H19F4N3O4. The zero-order chi connectivity index (χ0) is 23.3. The van der Waals surface area contributed by atoms with Crippen molar-refractivity contribution in [3.63, 3.8) is 0 Å². The number of nitrogens with one attached hydrogen (secondary N) is 1. The van der Waals surface area contributed by atoms with E-state index >= 15 is 0 Å². The summed E-state index contributed by atoms with van der Waals surface area (Å²) in [7, 11) is 0.